The highest BCUT2D eigenvalue weighted by Gasteiger charge is 2.30. The molecule has 1 heterocycles. The molecule has 0 saturated heterocycles. The monoisotopic (exact) mass is 359 g/mol. The minimum atomic E-state index is -4.41. The van der Waals surface area contributed by atoms with Gasteiger partial charge in [-0.25, -0.2) is 4.68 Å². The van der Waals surface area contributed by atoms with Gasteiger partial charge in [-0.15, -0.1) is 0 Å². The maximum Gasteiger partial charge on any atom is 0.416 e. The highest BCUT2D eigenvalue weighted by Crippen LogP contribution is 2.29. The summed E-state index contributed by atoms with van der Waals surface area (Å²) in [6.07, 6.45) is -4.41. The number of nitrogens with zero attached hydrogens (tertiary/aromatic N) is 2. The predicted molar refractivity (Wildman–Crippen MR) is 90.9 cm³/mol. The molecule has 0 aliphatic carbocycles. The number of hydrogen-bond donors (Lipinski definition) is 1. The molecule has 0 saturated carbocycles. The number of alkyl halides is 3. The molecule has 0 aliphatic heterocycles. The lowest BCUT2D eigenvalue weighted by molar-refractivity contribution is -0.137. The molecule has 0 spiro atoms. The van der Waals surface area contributed by atoms with Gasteiger partial charge in [0.25, 0.3) is 5.91 Å². The quantitative estimate of drug-likeness (QED) is 0.761. The van der Waals surface area contributed by atoms with Crippen LogP contribution < -0.4 is 5.32 Å². The van der Waals surface area contributed by atoms with Gasteiger partial charge in [0.05, 0.1) is 11.3 Å². The lowest BCUT2D eigenvalue weighted by Gasteiger charge is -2.09. The molecule has 7 heteroatoms. The maximum atomic E-state index is 12.7. The number of para-hydroxylation sites is 1. The summed E-state index contributed by atoms with van der Waals surface area (Å²) in [6.45, 7) is 1.81. The summed E-state index contributed by atoms with van der Waals surface area (Å²) in [5.41, 5.74) is 1.43. The van der Waals surface area contributed by atoms with Crippen LogP contribution in [0.4, 0.5) is 13.2 Å². The van der Waals surface area contributed by atoms with E-state index in [1.807, 2.05) is 37.3 Å². The predicted octanol–water partition coefficient (Wildman–Crippen LogP) is 4.13. The van der Waals surface area contributed by atoms with Crippen molar-refractivity contribution in [3.63, 3.8) is 0 Å². The Morgan fingerprint density at radius 3 is 2.50 bits per heavy atom. The highest BCUT2D eigenvalue weighted by molar-refractivity contribution is 5.92. The Hall–Kier alpha value is -3.09. The van der Waals surface area contributed by atoms with E-state index in [4.69, 9.17) is 0 Å². The molecule has 0 fully saturated rings. The van der Waals surface area contributed by atoms with E-state index in [-0.39, 0.29) is 12.2 Å². The standard InChI is InChI=1S/C19H16F3N3O/c1-13-10-17(24-25(13)16-8-3-2-4-9-16)18(26)23-12-14-6-5-7-15(11-14)19(20,21)22/h2-11H,12H2,1H3,(H,23,26). The van der Waals surface area contributed by atoms with Crippen LogP contribution in [0.1, 0.15) is 27.3 Å². The number of aryl methyl sites for hydroxylation is 1. The molecule has 3 aromatic rings. The summed E-state index contributed by atoms with van der Waals surface area (Å²) >= 11 is 0. The molecule has 3 rings (SSSR count). The number of rotatable bonds is 4. The molecule has 1 N–H and O–H groups in total. The molecule has 4 nitrogen and oxygen atoms in total. The van der Waals surface area contributed by atoms with Gasteiger partial charge in [0.2, 0.25) is 0 Å². The van der Waals surface area contributed by atoms with Crippen LogP contribution in [0.3, 0.4) is 0 Å². The van der Waals surface area contributed by atoms with Crippen LogP contribution in [0.25, 0.3) is 5.69 Å². The third-order valence-corrected chi connectivity index (χ3v) is 3.83. The fourth-order valence-electron chi connectivity index (χ4n) is 2.55. The molecular formula is C19H16F3N3O. The third kappa shape index (κ3) is 3.93. The summed E-state index contributed by atoms with van der Waals surface area (Å²) in [6, 6.07) is 15.8. The van der Waals surface area contributed by atoms with Gasteiger partial charge in [0.15, 0.2) is 5.69 Å². The summed E-state index contributed by atoms with van der Waals surface area (Å²) < 4.78 is 39.9. The molecule has 1 amide bonds. The zero-order valence-corrected chi connectivity index (χ0v) is 13.9. The molecule has 26 heavy (non-hydrogen) atoms. The Morgan fingerprint density at radius 1 is 1.08 bits per heavy atom. The zero-order chi connectivity index (χ0) is 18.7. The SMILES string of the molecule is Cc1cc(C(=O)NCc2cccc(C(F)(F)F)c2)nn1-c1ccccc1. The minimum absolute atomic E-state index is 0.0139. The van der Waals surface area contributed by atoms with Crippen LogP contribution in [0.15, 0.2) is 60.7 Å². The fourth-order valence-corrected chi connectivity index (χ4v) is 2.55. The first-order valence-corrected chi connectivity index (χ1v) is 7.91. The van der Waals surface area contributed by atoms with Crippen LogP contribution in [0.5, 0.6) is 0 Å². The van der Waals surface area contributed by atoms with Gasteiger partial charge in [-0.1, -0.05) is 30.3 Å². The van der Waals surface area contributed by atoms with E-state index >= 15 is 0 Å². The van der Waals surface area contributed by atoms with Crippen molar-refractivity contribution in [2.75, 3.05) is 0 Å². The average molecular weight is 359 g/mol. The lowest BCUT2D eigenvalue weighted by Crippen LogP contribution is -2.23. The van der Waals surface area contributed by atoms with Gasteiger partial charge in [0.1, 0.15) is 0 Å². The largest absolute Gasteiger partial charge is 0.416 e. The number of hydrogen-bond acceptors (Lipinski definition) is 2. The number of amides is 1. The number of benzene rings is 2. The summed E-state index contributed by atoms with van der Waals surface area (Å²) in [4.78, 5) is 12.3. The van der Waals surface area contributed by atoms with Gasteiger partial charge in [-0.3, -0.25) is 4.79 Å². The van der Waals surface area contributed by atoms with Gasteiger partial charge < -0.3 is 5.32 Å². The molecule has 0 atom stereocenters. The molecular weight excluding hydrogens is 343 g/mol. The second kappa shape index (κ2) is 7.03. The Kier molecular flexibility index (Phi) is 4.79. The van der Waals surface area contributed by atoms with Crippen molar-refractivity contribution >= 4 is 5.91 Å². The van der Waals surface area contributed by atoms with E-state index in [0.717, 1.165) is 23.5 Å². The number of halogens is 3. The molecule has 2 aromatic carbocycles. The Balaban J connectivity index is 1.72. The highest BCUT2D eigenvalue weighted by atomic mass is 19.4. The van der Waals surface area contributed by atoms with Crippen molar-refractivity contribution in [2.45, 2.75) is 19.6 Å². The molecule has 0 unspecified atom stereocenters. The minimum Gasteiger partial charge on any atom is -0.347 e. The van der Waals surface area contributed by atoms with Gasteiger partial charge in [0, 0.05) is 12.2 Å². The van der Waals surface area contributed by atoms with Crippen molar-refractivity contribution in [1.82, 2.24) is 15.1 Å². The van der Waals surface area contributed by atoms with Crippen molar-refractivity contribution < 1.29 is 18.0 Å². The third-order valence-electron chi connectivity index (χ3n) is 3.83. The van der Waals surface area contributed by atoms with Crippen LogP contribution in [-0.4, -0.2) is 15.7 Å². The van der Waals surface area contributed by atoms with Gasteiger partial charge >= 0.3 is 6.18 Å². The summed E-state index contributed by atoms with van der Waals surface area (Å²) in [7, 11) is 0. The first-order valence-electron chi connectivity index (χ1n) is 7.91. The maximum absolute atomic E-state index is 12.7. The first kappa shape index (κ1) is 17.7. The Bertz CT molecular complexity index is 917. The topological polar surface area (TPSA) is 46.9 Å². The van der Waals surface area contributed by atoms with E-state index < -0.39 is 17.6 Å². The second-order valence-corrected chi connectivity index (χ2v) is 5.80. The van der Waals surface area contributed by atoms with E-state index in [0.29, 0.717) is 5.56 Å². The van der Waals surface area contributed by atoms with Crippen molar-refractivity contribution in [3.8, 4) is 5.69 Å². The lowest BCUT2D eigenvalue weighted by atomic mass is 10.1. The smallest absolute Gasteiger partial charge is 0.347 e. The zero-order valence-electron chi connectivity index (χ0n) is 13.9. The summed E-state index contributed by atoms with van der Waals surface area (Å²) in [5.74, 6) is -0.444. The van der Waals surface area contributed by atoms with Crippen LogP contribution in [0, 0.1) is 6.92 Å². The Labute approximate surface area is 148 Å². The number of nitrogens with one attached hydrogen (secondary N) is 1. The first-order chi connectivity index (χ1) is 12.3. The van der Waals surface area contributed by atoms with Crippen molar-refractivity contribution in [1.29, 1.82) is 0 Å². The Morgan fingerprint density at radius 2 is 1.81 bits per heavy atom. The second-order valence-electron chi connectivity index (χ2n) is 5.80. The molecule has 1 aromatic heterocycles. The van der Waals surface area contributed by atoms with Crippen LogP contribution in [0.2, 0.25) is 0 Å². The van der Waals surface area contributed by atoms with Crippen molar-refractivity contribution in [3.05, 3.63) is 83.2 Å². The average Bonchev–Trinajstić information content (AvgIpc) is 3.02. The molecule has 0 bridgehead atoms. The number of carbonyl (C=O) groups is 1. The van der Waals surface area contributed by atoms with E-state index in [2.05, 4.69) is 10.4 Å². The summed E-state index contributed by atoms with van der Waals surface area (Å²) in [5, 5.41) is 6.88. The number of carbonyl (C=O) groups excluding carboxylic acids is 1. The normalized spacial score (nSPS) is 11.4. The van der Waals surface area contributed by atoms with E-state index in [1.54, 1.807) is 10.7 Å². The van der Waals surface area contributed by atoms with Crippen LogP contribution in [-0.2, 0) is 12.7 Å². The van der Waals surface area contributed by atoms with E-state index in [9.17, 15) is 18.0 Å². The fraction of sp³-hybridized carbons (Fsp3) is 0.158. The molecule has 0 radical (unpaired) electrons. The van der Waals surface area contributed by atoms with Gasteiger partial charge in [-0.2, -0.15) is 18.3 Å². The van der Waals surface area contributed by atoms with Gasteiger partial charge in [-0.05, 0) is 42.8 Å². The van der Waals surface area contributed by atoms with Crippen molar-refractivity contribution in [2.24, 2.45) is 0 Å². The molecule has 0 aliphatic rings. The van der Waals surface area contributed by atoms with Crippen LogP contribution >= 0.6 is 0 Å². The number of aromatic nitrogens is 2. The molecule has 134 valence electrons. The van der Waals surface area contributed by atoms with E-state index in [1.165, 1.54) is 12.1 Å².